The van der Waals surface area contributed by atoms with E-state index >= 15 is 0 Å². The van der Waals surface area contributed by atoms with Crippen LogP contribution in [0.4, 0.5) is 0 Å². The van der Waals surface area contributed by atoms with Gasteiger partial charge in [0.25, 0.3) is 0 Å². The van der Waals surface area contributed by atoms with Crippen LogP contribution in [0.25, 0.3) is 0 Å². The third kappa shape index (κ3) is 3.16. The zero-order valence-electron chi connectivity index (χ0n) is 13.0. The van der Waals surface area contributed by atoms with Crippen molar-refractivity contribution in [2.24, 2.45) is 5.92 Å². The van der Waals surface area contributed by atoms with Gasteiger partial charge in [-0.1, -0.05) is 39.2 Å². The lowest BCUT2D eigenvalue weighted by Gasteiger charge is -2.34. The zero-order valence-corrected chi connectivity index (χ0v) is 13.9. The molecule has 1 saturated carbocycles. The van der Waals surface area contributed by atoms with Gasteiger partial charge in [0.05, 0.1) is 6.04 Å². The molecule has 2 fully saturated rings. The number of carbonyl (C=O) groups is 1. The van der Waals surface area contributed by atoms with Crippen molar-refractivity contribution in [1.29, 1.82) is 0 Å². The molecule has 2 aliphatic rings. The summed E-state index contributed by atoms with van der Waals surface area (Å²) in [6.45, 7) is 4.39. The maximum Gasteiger partial charge on any atom is 0.241 e. The van der Waals surface area contributed by atoms with Gasteiger partial charge in [-0.25, -0.2) is 0 Å². The van der Waals surface area contributed by atoms with E-state index < -0.39 is 0 Å². The second-order valence-corrected chi connectivity index (χ2v) is 7.78. The minimum atomic E-state index is -0.000901. The monoisotopic (exact) mass is 306 g/mol. The van der Waals surface area contributed by atoms with Crippen LogP contribution in [0.15, 0.2) is 17.5 Å². The Bertz CT molecular complexity index is 465. The Hall–Kier alpha value is -0.870. The molecule has 1 aromatic heterocycles. The van der Waals surface area contributed by atoms with Crippen LogP contribution >= 0.6 is 11.3 Å². The number of carbonyl (C=O) groups excluding carboxylic acids is 1. The van der Waals surface area contributed by atoms with E-state index in [0.717, 1.165) is 6.42 Å². The molecule has 1 N–H and O–H groups in total. The molecule has 2 atom stereocenters. The van der Waals surface area contributed by atoms with E-state index in [9.17, 15) is 4.79 Å². The van der Waals surface area contributed by atoms with E-state index in [4.69, 9.17) is 0 Å². The Morgan fingerprint density at radius 1 is 1.33 bits per heavy atom. The molecular formula is C17H26N2OS. The lowest BCUT2D eigenvalue weighted by molar-refractivity contribution is -0.133. The molecular weight excluding hydrogens is 280 g/mol. The van der Waals surface area contributed by atoms with E-state index in [0.29, 0.717) is 17.9 Å². The number of rotatable bonds is 4. The Labute approximate surface area is 131 Å². The van der Waals surface area contributed by atoms with Crippen LogP contribution in [0.2, 0.25) is 0 Å². The minimum absolute atomic E-state index is 0.000901. The molecule has 3 rings (SSSR count). The Balaban J connectivity index is 1.83. The van der Waals surface area contributed by atoms with Crippen LogP contribution in [-0.2, 0) is 4.79 Å². The number of amides is 1. The van der Waals surface area contributed by atoms with E-state index in [1.807, 2.05) is 0 Å². The van der Waals surface area contributed by atoms with Crippen LogP contribution in [0, 0.1) is 5.92 Å². The fourth-order valence-corrected chi connectivity index (χ4v) is 4.49. The van der Waals surface area contributed by atoms with Crippen molar-refractivity contribution in [1.82, 2.24) is 10.2 Å². The highest BCUT2D eigenvalue weighted by molar-refractivity contribution is 7.10. The molecule has 3 nitrogen and oxygen atoms in total. The van der Waals surface area contributed by atoms with E-state index in [-0.39, 0.29) is 12.2 Å². The predicted molar refractivity (Wildman–Crippen MR) is 87.2 cm³/mol. The fraction of sp³-hybridized carbons (Fsp3) is 0.706. The predicted octanol–water partition coefficient (Wildman–Crippen LogP) is 3.93. The Morgan fingerprint density at radius 3 is 2.71 bits per heavy atom. The summed E-state index contributed by atoms with van der Waals surface area (Å²) in [5.41, 5.74) is 0. The van der Waals surface area contributed by atoms with Crippen molar-refractivity contribution in [3.8, 4) is 0 Å². The van der Waals surface area contributed by atoms with Gasteiger partial charge in [0.1, 0.15) is 6.17 Å². The summed E-state index contributed by atoms with van der Waals surface area (Å²) in [4.78, 5) is 16.4. The lowest BCUT2D eigenvalue weighted by Crippen LogP contribution is -2.41. The van der Waals surface area contributed by atoms with Crippen LogP contribution < -0.4 is 5.32 Å². The van der Waals surface area contributed by atoms with Crippen LogP contribution in [-0.4, -0.2) is 22.9 Å². The van der Waals surface area contributed by atoms with Crippen LogP contribution in [0.1, 0.15) is 63.4 Å². The van der Waals surface area contributed by atoms with E-state index in [1.54, 1.807) is 11.3 Å². The highest BCUT2D eigenvalue weighted by atomic mass is 32.1. The van der Waals surface area contributed by atoms with Crippen LogP contribution in [0.3, 0.4) is 0 Å². The molecule has 0 aromatic carbocycles. The second kappa shape index (κ2) is 6.49. The number of hydrogen-bond donors (Lipinski definition) is 1. The Morgan fingerprint density at radius 2 is 2.10 bits per heavy atom. The normalized spacial score (nSPS) is 27.8. The average molecular weight is 306 g/mol. The summed E-state index contributed by atoms with van der Waals surface area (Å²) in [7, 11) is 0. The maximum atomic E-state index is 12.9. The topological polar surface area (TPSA) is 32.3 Å². The lowest BCUT2D eigenvalue weighted by atomic mass is 9.93. The van der Waals surface area contributed by atoms with Gasteiger partial charge < -0.3 is 4.90 Å². The molecule has 0 spiro atoms. The van der Waals surface area contributed by atoms with Crippen molar-refractivity contribution in [3.63, 3.8) is 0 Å². The molecule has 1 aliphatic heterocycles. The molecule has 2 unspecified atom stereocenters. The zero-order chi connectivity index (χ0) is 14.8. The first-order valence-corrected chi connectivity index (χ1v) is 9.16. The summed E-state index contributed by atoms with van der Waals surface area (Å²) in [6.07, 6.45) is 7.23. The quantitative estimate of drug-likeness (QED) is 0.914. The summed E-state index contributed by atoms with van der Waals surface area (Å²) in [6, 6.07) is 4.67. The number of nitrogens with zero attached hydrogens (tertiary/aromatic N) is 1. The standard InChI is InChI=1S/C17H26N2OS/c1-12(2)11-14-17(20)19(13-7-4-3-5-8-13)16(18-14)15-9-6-10-21-15/h6,9-10,12-14,16,18H,3-5,7-8,11H2,1-2H3. The second-order valence-electron chi connectivity index (χ2n) is 6.80. The first-order chi connectivity index (χ1) is 10.2. The minimum Gasteiger partial charge on any atom is -0.318 e. The number of thiophene rings is 1. The largest absolute Gasteiger partial charge is 0.318 e. The molecule has 1 aliphatic carbocycles. The molecule has 0 radical (unpaired) electrons. The van der Waals surface area contributed by atoms with Crippen molar-refractivity contribution in [2.45, 2.75) is 70.6 Å². The molecule has 2 heterocycles. The van der Waals surface area contributed by atoms with Gasteiger partial charge in [-0.3, -0.25) is 10.1 Å². The van der Waals surface area contributed by atoms with Crippen LogP contribution in [0.5, 0.6) is 0 Å². The van der Waals surface area contributed by atoms with Gasteiger partial charge >= 0.3 is 0 Å². The smallest absolute Gasteiger partial charge is 0.241 e. The van der Waals surface area contributed by atoms with Gasteiger partial charge in [0.2, 0.25) is 5.91 Å². The molecule has 0 bridgehead atoms. The highest BCUT2D eigenvalue weighted by Crippen LogP contribution is 2.36. The molecule has 116 valence electrons. The van der Waals surface area contributed by atoms with E-state index in [1.165, 1.54) is 37.0 Å². The van der Waals surface area contributed by atoms with Crippen molar-refractivity contribution < 1.29 is 4.79 Å². The highest BCUT2D eigenvalue weighted by Gasteiger charge is 2.43. The third-order valence-electron chi connectivity index (χ3n) is 4.68. The summed E-state index contributed by atoms with van der Waals surface area (Å²) >= 11 is 1.75. The molecule has 4 heteroatoms. The summed E-state index contributed by atoms with van der Waals surface area (Å²) < 4.78 is 0. The fourth-order valence-electron chi connectivity index (χ4n) is 3.71. The molecule has 1 amide bonds. The number of hydrogen-bond acceptors (Lipinski definition) is 3. The van der Waals surface area contributed by atoms with Crippen molar-refractivity contribution in [2.75, 3.05) is 0 Å². The Kier molecular flexibility index (Phi) is 4.65. The number of nitrogens with one attached hydrogen (secondary N) is 1. The molecule has 1 aromatic rings. The summed E-state index contributed by atoms with van der Waals surface area (Å²) in [5, 5.41) is 5.72. The molecule has 1 saturated heterocycles. The first kappa shape index (κ1) is 15.0. The first-order valence-electron chi connectivity index (χ1n) is 8.28. The van der Waals surface area contributed by atoms with Gasteiger partial charge in [-0.15, -0.1) is 11.3 Å². The third-order valence-corrected chi connectivity index (χ3v) is 5.60. The summed E-state index contributed by atoms with van der Waals surface area (Å²) in [5.74, 6) is 0.871. The van der Waals surface area contributed by atoms with E-state index in [2.05, 4.69) is 41.6 Å². The SMILES string of the molecule is CC(C)CC1NC(c2cccs2)N(C2CCCCC2)C1=O. The van der Waals surface area contributed by atoms with Gasteiger partial charge in [-0.2, -0.15) is 0 Å². The van der Waals surface area contributed by atoms with Crippen molar-refractivity contribution in [3.05, 3.63) is 22.4 Å². The van der Waals surface area contributed by atoms with Crippen molar-refractivity contribution >= 4 is 17.2 Å². The maximum absolute atomic E-state index is 12.9. The average Bonchev–Trinajstić information content (AvgIpc) is 3.08. The molecule has 21 heavy (non-hydrogen) atoms. The van der Waals surface area contributed by atoms with Gasteiger partial charge in [0.15, 0.2) is 0 Å². The van der Waals surface area contributed by atoms with Gasteiger partial charge in [-0.05, 0) is 36.6 Å². The van der Waals surface area contributed by atoms with Gasteiger partial charge in [0, 0.05) is 10.9 Å².